The van der Waals surface area contributed by atoms with Gasteiger partial charge in [-0.3, -0.25) is 0 Å². The van der Waals surface area contributed by atoms with Gasteiger partial charge in [0.15, 0.2) is 11.4 Å². The van der Waals surface area contributed by atoms with Gasteiger partial charge in [0.25, 0.3) is 0 Å². The lowest BCUT2D eigenvalue weighted by molar-refractivity contribution is 0.577. The SMILES string of the molecule is Nc1nc(N2CCSCC2)cc2nc(-c3ccco3)nn12. The molecule has 0 atom stereocenters. The van der Waals surface area contributed by atoms with Crippen LogP contribution in [0.15, 0.2) is 28.9 Å². The molecule has 0 radical (unpaired) electrons. The first-order valence-corrected chi connectivity index (χ1v) is 7.86. The van der Waals surface area contributed by atoms with E-state index in [0.29, 0.717) is 23.2 Å². The summed E-state index contributed by atoms with van der Waals surface area (Å²) in [7, 11) is 0. The third-order valence-corrected chi connectivity index (χ3v) is 4.36. The van der Waals surface area contributed by atoms with Gasteiger partial charge < -0.3 is 15.1 Å². The molecule has 0 aliphatic carbocycles. The normalized spacial score (nSPS) is 15.7. The van der Waals surface area contributed by atoms with Crippen molar-refractivity contribution in [3.8, 4) is 11.6 Å². The van der Waals surface area contributed by atoms with E-state index in [4.69, 9.17) is 10.2 Å². The van der Waals surface area contributed by atoms with Gasteiger partial charge in [0.1, 0.15) is 5.82 Å². The number of furan rings is 1. The van der Waals surface area contributed by atoms with Crippen molar-refractivity contribution in [1.82, 2.24) is 19.6 Å². The minimum Gasteiger partial charge on any atom is -0.461 e. The number of nitrogen functional groups attached to an aromatic ring is 1. The second-order valence-electron chi connectivity index (χ2n) is 4.75. The van der Waals surface area contributed by atoms with Crippen molar-refractivity contribution in [2.75, 3.05) is 35.2 Å². The smallest absolute Gasteiger partial charge is 0.225 e. The summed E-state index contributed by atoms with van der Waals surface area (Å²) in [6.07, 6.45) is 1.60. The minimum atomic E-state index is 0.339. The number of fused-ring (bicyclic) bond motifs is 1. The summed E-state index contributed by atoms with van der Waals surface area (Å²) >= 11 is 1.96. The van der Waals surface area contributed by atoms with Crippen molar-refractivity contribution < 1.29 is 4.42 Å². The molecule has 8 heteroatoms. The van der Waals surface area contributed by atoms with Crippen LogP contribution in [-0.2, 0) is 0 Å². The van der Waals surface area contributed by atoms with Crippen LogP contribution in [0, 0.1) is 0 Å². The molecular formula is C13H14N6OS. The minimum absolute atomic E-state index is 0.339. The first kappa shape index (κ1) is 12.5. The summed E-state index contributed by atoms with van der Waals surface area (Å²) in [5, 5.41) is 4.34. The number of anilines is 2. The molecule has 0 spiro atoms. The van der Waals surface area contributed by atoms with Crippen LogP contribution in [0.5, 0.6) is 0 Å². The maximum absolute atomic E-state index is 6.02. The van der Waals surface area contributed by atoms with Crippen LogP contribution in [0.25, 0.3) is 17.2 Å². The maximum atomic E-state index is 6.02. The van der Waals surface area contributed by atoms with E-state index in [1.165, 1.54) is 0 Å². The van der Waals surface area contributed by atoms with Crippen LogP contribution in [0.3, 0.4) is 0 Å². The van der Waals surface area contributed by atoms with Gasteiger partial charge in [-0.15, -0.1) is 5.10 Å². The van der Waals surface area contributed by atoms with Crippen LogP contribution < -0.4 is 10.6 Å². The maximum Gasteiger partial charge on any atom is 0.225 e. The Morgan fingerprint density at radius 1 is 1.24 bits per heavy atom. The van der Waals surface area contributed by atoms with Gasteiger partial charge in [0.2, 0.25) is 11.8 Å². The van der Waals surface area contributed by atoms with Crippen LogP contribution in [0.1, 0.15) is 0 Å². The highest BCUT2D eigenvalue weighted by Gasteiger charge is 2.17. The van der Waals surface area contributed by atoms with Gasteiger partial charge >= 0.3 is 0 Å². The predicted octanol–water partition coefficient (Wildman–Crippen LogP) is 1.52. The van der Waals surface area contributed by atoms with Crippen LogP contribution in [0.2, 0.25) is 0 Å². The third-order valence-electron chi connectivity index (χ3n) is 3.41. The lowest BCUT2D eigenvalue weighted by Gasteiger charge is -2.27. The molecule has 1 fully saturated rings. The number of hydrogen-bond acceptors (Lipinski definition) is 7. The van der Waals surface area contributed by atoms with Gasteiger partial charge in [-0.2, -0.15) is 21.3 Å². The van der Waals surface area contributed by atoms with Crippen molar-refractivity contribution in [1.29, 1.82) is 0 Å². The molecule has 21 heavy (non-hydrogen) atoms. The Morgan fingerprint density at radius 3 is 2.86 bits per heavy atom. The van der Waals surface area contributed by atoms with Gasteiger partial charge in [-0.1, -0.05) is 0 Å². The zero-order valence-corrected chi connectivity index (χ0v) is 12.1. The lowest BCUT2D eigenvalue weighted by Crippen LogP contribution is -2.33. The molecule has 4 heterocycles. The van der Waals surface area contributed by atoms with Gasteiger partial charge in [0.05, 0.1) is 6.26 Å². The fraction of sp³-hybridized carbons (Fsp3) is 0.308. The summed E-state index contributed by atoms with van der Waals surface area (Å²) in [4.78, 5) is 11.2. The summed E-state index contributed by atoms with van der Waals surface area (Å²) in [6, 6.07) is 5.55. The van der Waals surface area contributed by atoms with E-state index in [2.05, 4.69) is 20.0 Å². The number of aromatic nitrogens is 4. The Morgan fingerprint density at radius 2 is 2.10 bits per heavy atom. The van der Waals surface area contributed by atoms with Crippen LogP contribution >= 0.6 is 11.8 Å². The summed E-state index contributed by atoms with van der Waals surface area (Å²) in [6.45, 7) is 1.96. The topological polar surface area (TPSA) is 85.5 Å². The number of nitrogens with zero attached hydrogens (tertiary/aromatic N) is 5. The molecule has 0 saturated carbocycles. The molecule has 3 aromatic rings. The molecule has 0 aromatic carbocycles. The third kappa shape index (κ3) is 2.21. The zero-order valence-electron chi connectivity index (χ0n) is 11.3. The molecule has 0 bridgehead atoms. The first-order valence-electron chi connectivity index (χ1n) is 6.71. The standard InChI is InChI=1S/C13H14N6OS/c14-13-16-10(18-3-6-21-7-4-18)8-11-15-12(17-19(11)13)9-2-1-5-20-9/h1-2,5,8H,3-4,6-7H2,(H2,14,16). The second-order valence-corrected chi connectivity index (χ2v) is 5.98. The van der Waals surface area contributed by atoms with Crippen molar-refractivity contribution >= 4 is 29.2 Å². The van der Waals surface area contributed by atoms with E-state index in [0.717, 1.165) is 30.4 Å². The Bertz CT molecular complexity index is 762. The van der Waals surface area contributed by atoms with Gasteiger partial charge in [-0.05, 0) is 12.1 Å². The number of hydrogen-bond donors (Lipinski definition) is 1. The molecule has 2 N–H and O–H groups in total. The second kappa shape index (κ2) is 4.96. The Balaban J connectivity index is 1.78. The Labute approximate surface area is 125 Å². The highest BCUT2D eigenvalue weighted by molar-refractivity contribution is 7.99. The predicted molar refractivity (Wildman–Crippen MR) is 82.4 cm³/mol. The fourth-order valence-electron chi connectivity index (χ4n) is 2.36. The van der Waals surface area contributed by atoms with E-state index >= 15 is 0 Å². The summed E-state index contributed by atoms with van der Waals surface area (Å²) in [5.74, 6) is 4.55. The average molecular weight is 302 g/mol. The van der Waals surface area contributed by atoms with E-state index in [1.54, 1.807) is 16.8 Å². The summed E-state index contributed by atoms with van der Waals surface area (Å²) < 4.78 is 6.86. The molecule has 7 nitrogen and oxygen atoms in total. The fourth-order valence-corrected chi connectivity index (χ4v) is 3.27. The van der Waals surface area contributed by atoms with Crippen molar-refractivity contribution in [3.63, 3.8) is 0 Å². The van der Waals surface area contributed by atoms with E-state index in [9.17, 15) is 0 Å². The van der Waals surface area contributed by atoms with Gasteiger partial charge in [-0.25, -0.2) is 4.98 Å². The first-order chi connectivity index (χ1) is 10.3. The Kier molecular flexibility index (Phi) is 2.95. The molecule has 0 amide bonds. The van der Waals surface area contributed by atoms with Crippen molar-refractivity contribution in [2.24, 2.45) is 0 Å². The van der Waals surface area contributed by atoms with E-state index in [1.807, 2.05) is 23.9 Å². The Hall–Kier alpha value is -2.22. The number of rotatable bonds is 2. The molecule has 0 unspecified atom stereocenters. The molecule has 108 valence electrons. The highest BCUT2D eigenvalue weighted by atomic mass is 32.2. The summed E-state index contributed by atoms with van der Waals surface area (Å²) in [5.41, 5.74) is 6.70. The lowest BCUT2D eigenvalue weighted by atomic mass is 10.4. The van der Waals surface area contributed by atoms with Crippen LogP contribution in [0.4, 0.5) is 11.8 Å². The molecule has 4 rings (SSSR count). The molecule has 1 saturated heterocycles. The van der Waals surface area contributed by atoms with Gasteiger partial charge in [0, 0.05) is 30.7 Å². The van der Waals surface area contributed by atoms with Crippen LogP contribution in [-0.4, -0.2) is 44.2 Å². The van der Waals surface area contributed by atoms with Crippen molar-refractivity contribution in [2.45, 2.75) is 0 Å². The monoisotopic (exact) mass is 302 g/mol. The number of nitrogens with two attached hydrogens (primary N) is 1. The number of thioether (sulfide) groups is 1. The molecule has 1 aliphatic heterocycles. The van der Waals surface area contributed by atoms with E-state index in [-0.39, 0.29) is 0 Å². The molecular weight excluding hydrogens is 288 g/mol. The van der Waals surface area contributed by atoms with Crippen molar-refractivity contribution in [3.05, 3.63) is 24.5 Å². The zero-order chi connectivity index (χ0) is 14.2. The average Bonchev–Trinajstić information content (AvgIpc) is 3.17. The molecule has 1 aliphatic rings. The largest absolute Gasteiger partial charge is 0.461 e. The molecule has 3 aromatic heterocycles. The van der Waals surface area contributed by atoms with E-state index < -0.39 is 0 Å². The highest BCUT2D eigenvalue weighted by Crippen LogP contribution is 2.22. The quantitative estimate of drug-likeness (QED) is 0.768.